The maximum Gasteiger partial charge on any atom is 0.130 e. The average molecular weight is 290 g/mol. The van der Waals surface area contributed by atoms with Crippen molar-refractivity contribution in [3.05, 3.63) is 52.0 Å². The SMILES string of the molecule is C[C@H](N)c1c(F)cccc1N(Cc1ccsc1)C1CC1. The number of rotatable bonds is 5. The Balaban J connectivity index is 1.97. The van der Waals surface area contributed by atoms with Crippen LogP contribution < -0.4 is 10.6 Å². The second-order valence-electron chi connectivity index (χ2n) is 5.45. The Morgan fingerprint density at radius 2 is 2.20 bits per heavy atom. The van der Waals surface area contributed by atoms with Crippen LogP contribution in [0, 0.1) is 5.82 Å². The van der Waals surface area contributed by atoms with Gasteiger partial charge in [0.05, 0.1) is 0 Å². The molecule has 0 aliphatic heterocycles. The standard InChI is InChI=1S/C16H19FN2S/c1-11(18)16-14(17)3-2-4-15(16)19(13-5-6-13)9-12-7-8-20-10-12/h2-4,7-8,10-11,13H,5-6,9,18H2,1H3/t11-/m0/s1. The topological polar surface area (TPSA) is 29.3 Å². The van der Waals surface area contributed by atoms with Crippen LogP contribution in [0.3, 0.4) is 0 Å². The number of nitrogens with zero attached hydrogens (tertiary/aromatic N) is 1. The van der Waals surface area contributed by atoms with Crippen LogP contribution in [0.2, 0.25) is 0 Å². The summed E-state index contributed by atoms with van der Waals surface area (Å²) in [6.45, 7) is 2.68. The fraction of sp³-hybridized carbons (Fsp3) is 0.375. The highest BCUT2D eigenvalue weighted by Crippen LogP contribution is 2.37. The van der Waals surface area contributed by atoms with Crippen LogP contribution in [0.1, 0.15) is 36.9 Å². The molecule has 20 heavy (non-hydrogen) atoms. The number of halogens is 1. The van der Waals surface area contributed by atoms with E-state index in [0.29, 0.717) is 11.6 Å². The Morgan fingerprint density at radius 1 is 1.40 bits per heavy atom. The van der Waals surface area contributed by atoms with E-state index in [1.807, 2.05) is 13.0 Å². The molecule has 4 heteroatoms. The molecule has 1 heterocycles. The molecule has 0 radical (unpaired) electrons. The first-order valence-electron chi connectivity index (χ1n) is 6.98. The predicted molar refractivity (Wildman–Crippen MR) is 82.5 cm³/mol. The molecule has 1 fully saturated rings. The Hall–Kier alpha value is -1.39. The van der Waals surface area contributed by atoms with Crippen LogP contribution in [0.4, 0.5) is 10.1 Å². The molecule has 0 bridgehead atoms. The third-order valence-corrected chi connectivity index (χ3v) is 4.45. The van der Waals surface area contributed by atoms with E-state index in [1.54, 1.807) is 17.4 Å². The summed E-state index contributed by atoms with van der Waals surface area (Å²) < 4.78 is 14.1. The summed E-state index contributed by atoms with van der Waals surface area (Å²) in [5, 5.41) is 4.23. The van der Waals surface area contributed by atoms with E-state index in [0.717, 1.165) is 12.2 Å². The largest absolute Gasteiger partial charge is 0.364 e. The summed E-state index contributed by atoms with van der Waals surface area (Å²) in [6, 6.07) is 7.62. The quantitative estimate of drug-likeness (QED) is 0.899. The lowest BCUT2D eigenvalue weighted by molar-refractivity contribution is 0.590. The minimum absolute atomic E-state index is 0.200. The van der Waals surface area contributed by atoms with Crippen molar-refractivity contribution in [2.75, 3.05) is 4.90 Å². The number of hydrogen-bond acceptors (Lipinski definition) is 3. The molecule has 0 saturated heterocycles. The van der Waals surface area contributed by atoms with Crippen molar-refractivity contribution in [1.82, 2.24) is 0 Å². The summed E-state index contributed by atoms with van der Waals surface area (Å²) in [7, 11) is 0. The lowest BCUT2D eigenvalue weighted by Gasteiger charge is -2.28. The van der Waals surface area contributed by atoms with Gasteiger partial charge in [-0.3, -0.25) is 0 Å². The highest BCUT2D eigenvalue weighted by atomic mass is 32.1. The van der Waals surface area contributed by atoms with Gasteiger partial charge in [0.15, 0.2) is 0 Å². The van der Waals surface area contributed by atoms with Crippen molar-refractivity contribution in [1.29, 1.82) is 0 Å². The molecule has 1 aromatic heterocycles. The Kier molecular flexibility index (Phi) is 3.76. The first kappa shape index (κ1) is 13.6. The van der Waals surface area contributed by atoms with Crippen LogP contribution in [0.5, 0.6) is 0 Å². The molecule has 106 valence electrons. The zero-order valence-electron chi connectivity index (χ0n) is 11.6. The molecule has 1 saturated carbocycles. The highest BCUT2D eigenvalue weighted by molar-refractivity contribution is 7.07. The number of nitrogens with two attached hydrogens (primary N) is 1. The van der Waals surface area contributed by atoms with Gasteiger partial charge in [0, 0.05) is 29.9 Å². The van der Waals surface area contributed by atoms with Gasteiger partial charge in [-0.15, -0.1) is 0 Å². The molecule has 1 aromatic carbocycles. The van der Waals surface area contributed by atoms with Gasteiger partial charge >= 0.3 is 0 Å². The van der Waals surface area contributed by atoms with E-state index in [4.69, 9.17) is 5.73 Å². The molecule has 1 aliphatic rings. The summed E-state index contributed by atoms with van der Waals surface area (Å²) in [5.41, 5.74) is 8.85. The maximum absolute atomic E-state index is 14.1. The molecule has 0 unspecified atom stereocenters. The van der Waals surface area contributed by atoms with Crippen LogP contribution in [0.15, 0.2) is 35.0 Å². The van der Waals surface area contributed by atoms with Crippen molar-refractivity contribution >= 4 is 17.0 Å². The van der Waals surface area contributed by atoms with Gasteiger partial charge < -0.3 is 10.6 Å². The van der Waals surface area contributed by atoms with Crippen molar-refractivity contribution in [3.63, 3.8) is 0 Å². The third kappa shape index (κ3) is 2.72. The van der Waals surface area contributed by atoms with Gasteiger partial charge in [0.1, 0.15) is 5.82 Å². The minimum atomic E-state index is -0.296. The lowest BCUT2D eigenvalue weighted by Crippen LogP contribution is -2.27. The van der Waals surface area contributed by atoms with E-state index in [9.17, 15) is 4.39 Å². The van der Waals surface area contributed by atoms with E-state index in [2.05, 4.69) is 21.7 Å². The van der Waals surface area contributed by atoms with Gasteiger partial charge in [-0.2, -0.15) is 11.3 Å². The molecule has 1 atom stereocenters. The zero-order chi connectivity index (χ0) is 14.1. The van der Waals surface area contributed by atoms with E-state index in [1.165, 1.54) is 24.5 Å². The van der Waals surface area contributed by atoms with Crippen molar-refractivity contribution in [2.45, 2.75) is 38.4 Å². The maximum atomic E-state index is 14.1. The fourth-order valence-electron chi connectivity index (χ4n) is 2.60. The molecular formula is C16H19FN2S. The van der Waals surface area contributed by atoms with Crippen LogP contribution in [-0.2, 0) is 6.54 Å². The second-order valence-corrected chi connectivity index (χ2v) is 6.23. The fourth-order valence-corrected chi connectivity index (χ4v) is 3.26. The highest BCUT2D eigenvalue weighted by Gasteiger charge is 2.31. The third-order valence-electron chi connectivity index (χ3n) is 3.72. The van der Waals surface area contributed by atoms with Gasteiger partial charge in [-0.25, -0.2) is 4.39 Å². The van der Waals surface area contributed by atoms with Crippen LogP contribution in [-0.4, -0.2) is 6.04 Å². The molecule has 3 rings (SSSR count). The first-order chi connectivity index (χ1) is 9.66. The van der Waals surface area contributed by atoms with E-state index in [-0.39, 0.29) is 11.9 Å². The Morgan fingerprint density at radius 3 is 2.80 bits per heavy atom. The molecule has 0 amide bonds. The molecule has 1 aliphatic carbocycles. The second kappa shape index (κ2) is 5.54. The monoisotopic (exact) mass is 290 g/mol. The summed E-state index contributed by atoms with van der Waals surface area (Å²) in [4.78, 5) is 2.31. The summed E-state index contributed by atoms with van der Waals surface area (Å²) in [5.74, 6) is -0.200. The first-order valence-corrected chi connectivity index (χ1v) is 7.93. The summed E-state index contributed by atoms with van der Waals surface area (Å²) >= 11 is 1.70. The molecule has 2 aromatic rings. The smallest absolute Gasteiger partial charge is 0.130 e. The predicted octanol–water partition coefficient (Wildman–Crippen LogP) is 4.08. The Labute approximate surface area is 123 Å². The van der Waals surface area contributed by atoms with Gasteiger partial charge in [0.25, 0.3) is 0 Å². The lowest BCUT2D eigenvalue weighted by atomic mass is 10.0. The molecule has 0 spiro atoms. The Bertz CT molecular complexity index is 576. The van der Waals surface area contributed by atoms with Crippen LogP contribution >= 0.6 is 11.3 Å². The number of thiophene rings is 1. The normalized spacial score (nSPS) is 16.1. The van der Waals surface area contributed by atoms with Gasteiger partial charge in [-0.1, -0.05) is 6.07 Å². The van der Waals surface area contributed by atoms with Crippen LogP contribution in [0.25, 0.3) is 0 Å². The molecule has 2 nitrogen and oxygen atoms in total. The number of anilines is 1. The summed E-state index contributed by atoms with van der Waals surface area (Å²) in [6.07, 6.45) is 2.36. The number of benzene rings is 1. The van der Waals surface area contributed by atoms with Gasteiger partial charge in [-0.05, 0) is 54.3 Å². The average Bonchev–Trinajstić information content (AvgIpc) is 3.12. The molecule has 2 N–H and O–H groups in total. The van der Waals surface area contributed by atoms with E-state index < -0.39 is 0 Å². The molecular weight excluding hydrogens is 271 g/mol. The van der Waals surface area contributed by atoms with Crippen molar-refractivity contribution < 1.29 is 4.39 Å². The van der Waals surface area contributed by atoms with Gasteiger partial charge in [0.2, 0.25) is 0 Å². The van der Waals surface area contributed by atoms with E-state index >= 15 is 0 Å². The van der Waals surface area contributed by atoms with Crippen molar-refractivity contribution in [3.8, 4) is 0 Å². The minimum Gasteiger partial charge on any atom is -0.364 e. The number of hydrogen-bond donors (Lipinski definition) is 1. The zero-order valence-corrected chi connectivity index (χ0v) is 12.4. The van der Waals surface area contributed by atoms with Crippen molar-refractivity contribution in [2.24, 2.45) is 5.73 Å².